The van der Waals surface area contributed by atoms with Crippen molar-refractivity contribution in [2.75, 3.05) is 0 Å². The van der Waals surface area contributed by atoms with Crippen molar-refractivity contribution in [2.45, 2.75) is 18.0 Å². The molecule has 112 valence electrons. The van der Waals surface area contributed by atoms with Crippen LogP contribution in [0.3, 0.4) is 0 Å². The maximum atomic E-state index is 12.6. The molecule has 0 radical (unpaired) electrons. The Morgan fingerprint density at radius 1 is 1.10 bits per heavy atom. The Morgan fingerprint density at radius 2 is 1.71 bits per heavy atom. The first-order valence-electron chi connectivity index (χ1n) is 5.79. The van der Waals surface area contributed by atoms with E-state index in [-0.39, 0.29) is 9.92 Å². The first kappa shape index (κ1) is 16.0. The minimum atomic E-state index is -4.45. The van der Waals surface area contributed by atoms with Crippen LogP contribution >= 0.6 is 11.6 Å². The molecule has 2 nitrogen and oxygen atoms in total. The maximum absolute atomic E-state index is 12.6. The van der Waals surface area contributed by atoms with Crippen molar-refractivity contribution >= 4 is 22.7 Å². The number of hydrogen-bond acceptors (Lipinski definition) is 1. The Labute approximate surface area is 126 Å². The largest absolute Gasteiger partial charge is 0.416 e. The van der Waals surface area contributed by atoms with Crippen molar-refractivity contribution in [2.24, 2.45) is 0 Å². The van der Waals surface area contributed by atoms with Gasteiger partial charge in [-0.3, -0.25) is 0 Å². The maximum Gasteiger partial charge on any atom is 0.416 e. The van der Waals surface area contributed by atoms with Gasteiger partial charge in [-0.05, 0) is 42.3 Å². The lowest BCUT2D eigenvalue weighted by Crippen LogP contribution is -2.04. The van der Waals surface area contributed by atoms with Crippen LogP contribution in [0, 0.1) is 6.92 Å². The van der Waals surface area contributed by atoms with Crippen molar-refractivity contribution in [3.05, 3.63) is 52.5 Å². The summed E-state index contributed by atoms with van der Waals surface area (Å²) in [5, 5.41) is -0.0224. The molecule has 1 unspecified atom stereocenters. The minimum absolute atomic E-state index is 0.0224. The number of benzene rings is 2. The summed E-state index contributed by atoms with van der Waals surface area (Å²) in [6.07, 6.45) is -4.45. The average molecular weight is 335 g/mol. The van der Waals surface area contributed by atoms with Crippen molar-refractivity contribution in [1.82, 2.24) is 0 Å². The zero-order chi connectivity index (χ0) is 15.8. The topological polar surface area (TPSA) is 37.3 Å². The highest BCUT2D eigenvalue weighted by molar-refractivity contribution is 7.79. The van der Waals surface area contributed by atoms with Crippen LogP contribution in [-0.2, 0) is 17.3 Å². The molecule has 2 aromatic rings. The zero-order valence-corrected chi connectivity index (χ0v) is 12.3. The highest BCUT2D eigenvalue weighted by atomic mass is 35.5. The van der Waals surface area contributed by atoms with Gasteiger partial charge in [0, 0.05) is 10.6 Å². The molecular formula is C14H10ClF3O2S. The first-order valence-corrected chi connectivity index (χ1v) is 7.27. The molecule has 0 aromatic heterocycles. The lowest BCUT2D eigenvalue weighted by molar-refractivity contribution is -0.137. The number of halogens is 4. The highest BCUT2D eigenvalue weighted by Crippen LogP contribution is 2.36. The van der Waals surface area contributed by atoms with E-state index in [0.717, 1.165) is 12.1 Å². The molecule has 0 aliphatic carbocycles. The lowest BCUT2D eigenvalue weighted by atomic mass is 9.99. The predicted molar refractivity (Wildman–Crippen MR) is 75.7 cm³/mol. The number of alkyl halides is 3. The van der Waals surface area contributed by atoms with Crippen LogP contribution < -0.4 is 0 Å². The Bertz CT molecular complexity index is 714. The molecule has 1 atom stereocenters. The fourth-order valence-electron chi connectivity index (χ4n) is 1.96. The summed E-state index contributed by atoms with van der Waals surface area (Å²) in [6, 6.07) is 7.62. The Hall–Kier alpha value is -1.37. The van der Waals surface area contributed by atoms with Gasteiger partial charge in [0.05, 0.1) is 10.5 Å². The molecule has 0 aliphatic rings. The van der Waals surface area contributed by atoms with Crippen LogP contribution in [0.15, 0.2) is 41.3 Å². The molecule has 0 amide bonds. The average Bonchev–Trinajstić information content (AvgIpc) is 2.38. The first-order chi connectivity index (χ1) is 9.70. The van der Waals surface area contributed by atoms with Crippen LogP contribution in [0.25, 0.3) is 11.1 Å². The van der Waals surface area contributed by atoms with Gasteiger partial charge in [0.2, 0.25) is 0 Å². The molecule has 0 heterocycles. The van der Waals surface area contributed by atoms with Crippen molar-refractivity contribution < 1.29 is 21.9 Å². The highest BCUT2D eigenvalue weighted by Gasteiger charge is 2.31. The Morgan fingerprint density at radius 3 is 2.19 bits per heavy atom. The third-order valence-corrected chi connectivity index (χ3v) is 3.96. The SMILES string of the molecule is Cc1cc(S(=O)O)ccc1-c1ccc(C(F)(F)F)cc1Cl. The second kappa shape index (κ2) is 5.79. The Kier molecular flexibility index (Phi) is 4.41. The van der Waals surface area contributed by atoms with Gasteiger partial charge >= 0.3 is 6.18 Å². The van der Waals surface area contributed by atoms with Crippen LogP contribution in [0.1, 0.15) is 11.1 Å². The molecule has 7 heteroatoms. The second-order valence-electron chi connectivity index (χ2n) is 4.42. The van der Waals surface area contributed by atoms with Crippen LogP contribution in [0.4, 0.5) is 13.2 Å². The predicted octanol–water partition coefficient (Wildman–Crippen LogP) is 4.91. The molecule has 2 aromatic carbocycles. The van der Waals surface area contributed by atoms with Crippen molar-refractivity contribution in [3.8, 4) is 11.1 Å². The van der Waals surface area contributed by atoms with E-state index in [1.807, 2.05) is 0 Å². The summed E-state index contributed by atoms with van der Waals surface area (Å²) >= 11 is 3.83. The fourth-order valence-corrected chi connectivity index (χ4v) is 2.70. The smallest absolute Gasteiger partial charge is 0.302 e. The van der Waals surface area contributed by atoms with Gasteiger partial charge in [-0.25, -0.2) is 4.21 Å². The van der Waals surface area contributed by atoms with Gasteiger partial charge in [0.25, 0.3) is 0 Å². The zero-order valence-electron chi connectivity index (χ0n) is 10.7. The Balaban J connectivity index is 2.50. The molecule has 0 saturated heterocycles. The summed E-state index contributed by atoms with van der Waals surface area (Å²) in [5.74, 6) is 0. The summed E-state index contributed by atoms with van der Waals surface area (Å²) in [4.78, 5) is 0.222. The normalized spacial score (nSPS) is 13.2. The van der Waals surface area contributed by atoms with Gasteiger partial charge in [0.15, 0.2) is 11.1 Å². The van der Waals surface area contributed by atoms with E-state index in [2.05, 4.69) is 0 Å². The monoisotopic (exact) mass is 334 g/mol. The van der Waals surface area contributed by atoms with Crippen molar-refractivity contribution in [1.29, 1.82) is 0 Å². The van der Waals surface area contributed by atoms with E-state index in [9.17, 15) is 17.4 Å². The summed E-state index contributed by atoms with van der Waals surface area (Å²) in [6.45, 7) is 1.69. The lowest BCUT2D eigenvalue weighted by Gasteiger charge is -2.12. The minimum Gasteiger partial charge on any atom is -0.302 e. The van der Waals surface area contributed by atoms with Gasteiger partial charge in [-0.15, -0.1) is 0 Å². The summed E-state index contributed by atoms with van der Waals surface area (Å²) in [7, 11) is 0. The molecular weight excluding hydrogens is 325 g/mol. The van der Waals surface area contributed by atoms with E-state index in [4.69, 9.17) is 16.2 Å². The number of rotatable bonds is 2. The van der Waals surface area contributed by atoms with Crippen molar-refractivity contribution in [3.63, 3.8) is 0 Å². The molecule has 0 fully saturated rings. The van der Waals surface area contributed by atoms with E-state index in [1.54, 1.807) is 13.0 Å². The standard InChI is InChI=1S/C14H10ClF3O2S/c1-8-6-10(21(19)20)3-5-11(8)12-4-2-9(7-13(12)15)14(16,17)18/h2-7H,1H3,(H,19,20). The summed E-state index contributed by atoms with van der Waals surface area (Å²) in [5.41, 5.74) is 0.888. The molecule has 1 N–H and O–H groups in total. The van der Waals surface area contributed by atoms with Crippen LogP contribution in [-0.4, -0.2) is 8.76 Å². The van der Waals surface area contributed by atoms with Crippen LogP contribution in [0.5, 0.6) is 0 Å². The van der Waals surface area contributed by atoms with Gasteiger partial charge < -0.3 is 4.55 Å². The van der Waals surface area contributed by atoms with E-state index in [1.165, 1.54) is 18.2 Å². The molecule has 0 aliphatic heterocycles. The fraction of sp³-hybridized carbons (Fsp3) is 0.143. The molecule has 21 heavy (non-hydrogen) atoms. The number of aryl methyl sites for hydroxylation is 1. The van der Waals surface area contributed by atoms with Gasteiger partial charge in [0.1, 0.15) is 0 Å². The molecule has 0 spiro atoms. The van der Waals surface area contributed by atoms with Gasteiger partial charge in [-0.1, -0.05) is 23.7 Å². The second-order valence-corrected chi connectivity index (χ2v) is 5.80. The third kappa shape index (κ3) is 3.45. The van der Waals surface area contributed by atoms with E-state index >= 15 is 0 Å². The van der Waals surface area contributed by atoms with Crippen LogP contribution in [0.2, 0.25) is 5.02 Å². The van der Waals surface area contributed by atoms with Gasteiger partial charge in [-0.2, -0.15) is 13.2 Å². The molecule has 2 rings (SSSR count). The molecule has 0 bridgehead atoms. The molecule has 0 saturated carbocycles. The number of hydrogen-bond donors (Lipinski definition) is 1. The van der Waals surface area contributed by atoms with E-state index in [0.29, 0.717) is 16.7 Å². The third-order valence-electron chi connectivity index (χ3n) is 2.99. The van der Waals surface area contributed by atoms with E-state index < -0.39 is 22.8 Å². The quantitative estimate of drug-likeness (QED) is 0.792. The summed E-state index contributed by atoms with van der Waals surface area (Å²) < 4.78 is 57.8.